The van der Waals surface area contributed by atoms with Gasteiger partial charge in [0.2, 0.25) is 5.17 Å². The number of hydrazone groups is 1. The number of carbonyl (C=O) groups excluding carboxylic acids is 1. The number of hydrogen-bond acceptors (Lipinski definition) is 4. The van der Waals surface area contributed by atoms with E-state index >= 15 is 0 Å². The number of thioether (sulfide) groups is 1. The van der Waals surface area contributed by atoms with Crippen molar-refractivity contribution in [3.8, 4) is 5.69 Å². The molecule has 1 N–H and O–H groups in total. The molecule has 170 valence electrons. The highest BCUT2D eigenvalue weighted by molar-refractivity contribution is 8.27. The molecule has 2 aliphatic rings. The first kappa shape index (κ1) is 22.4. The number of halogens is 1. The zero-order chi connectivity index (χ0) is 24.1. The Labute approximate surface area is 207 Å². The summed E-state index contributed by atoms with van der Waals surface area (Å²) < 4.78 is 2.16. The van der Waals surface area contributed by atoms with Crippen LogP contribution in [0.25, 0.3) is 11.8 Å². The molecule has 2 aliphatic heterocycles. The normalized spacial score (nSPS) is 16.7. The molecule has 2 aromatic carbocycles. The number of hydrogen-bond donors (Lipinski definition) is 1. The maximum absolute atomic E-state index is 12.9. The molecule has 0 bridgehead atoms. The number of aliphatic imine (C=N–C) groups is 1. The zero-order valence-corrected chi connectivity index (χ0v) is 20.8. The van der Waals surface area contributed by atoms with Gasteiger partial charge in [-0.05, 0) is 86.5 Å². The third-order valence-corrected chi connectivity index (χ3v) is 7.06. The molecule has 5 rings (SSSR count). The second-order valence-corrected chi connectivity index (χ2v) is 9.78. The van der Waals surface area contributed by atoms with Crippen LogP contribution in [0, 0.1) is 33.1 Å². The van der Waals surface area contributed by atoms with E-state index in [1.165, 1.54) is 27.9 Å². The van der Waals surface area contributed by atoms with Gasteiger partial charge >= 0.3 is 0 Å². The summed E-state index contributed by atoms with van der Waals surface area (Å²) in [6.45, 7) is 8.21. The van der Waals surface area contributed by atoms with E-state index in [-0.39, 0.29) is 11.4 Å². The lowest BCUT2D eigenvalue weighted by atomic mass is 10.1. The van der Waals surface area contributed by atoms with Gasteiger partial charge < -0.3 is 4.57 Å². The Morgan fingerprint density at radius 2 is 1.74 bits per heavy atom. The Morgan fingerprint density at radius 1 is 1.03 bits per heavy atom. The number of nitrogens with zero attached hydrogens (tertiary/aromatic N) is 4. The fraction of sp³-hybridized carbons (Fsp3) is 0.154. The molecule has 0 atom stereocenters. The Bertz CT molecular complexity index is 1460. The Morgan fingerprint density at radius 3 is 2.44 bits per heavy atom. The summed E-state index contributed by atoms with van der Waals surface area (Å²) in [6, 6.07) is 15.8. The minimum atomic E-state index is -0.449. The molecule has 0 fully saturated rings. The molecule has 0 saturated heterocycles. The molecule has 0 unspecified atom stereocenters. The number of benzene rings is 2. The molecule has 3 heterocycles. The lowest BCUT2D eigenvalue weighted by Crippen LogP contribution is -2.35. The van der Waals surface area contributed by atoms with Gasteiger partial charge in [-0.15, -0.1) is 0 Å². The number of aromatic nitrogens is 1. The quantitative estimate of drug-likeness (QED) is 0.458. The molecule has 1 amide bonds. The van der Waals surface area contributed by atoms with Crippen molar-refractivity contribution < 1.29 is 4.79 Å². The second kappa shape index (κ2) is 8.42. The van der Waals surface area contributed by atoms with Crippen LogP contribution in [-0.2, 0) is 4.79 Å². The number of aryl methyl sites for hydroxylation is 3. The molecule has 6 nitrogen and oxygen atoms in total. The molecule has 0 aliphatic carbocycles. The van der Waals surface area contributed by atoms with Crippen LogP contribution in [0.4, 0.5) is 0 Å². The third-order valence-electron chi connectivity index (χ3n) is 5.79. The molecular formula is C26H22ClN5OS. The van der Waals surface area contributed by atoms with Gasteiger partial charge in [-0.1, -0.05) is 35.9 Å². The van der Waals surface area contributed by atoms with Gasteiger partial charge in [0.05, 0.1) is 10.6 Å². The summed E-state index contributed by atoms with van der Waals surface area (Å²) in [4.78, 5) is 17.1. The van der Waals surface area contributed by atoms with Crippen LogP contribution in [0.5, 0.6) is 0 Å². The number of fused-ring (bicyclic) bond motifs is 1. The summed E-state index contributed by atoms with van der Waals surface area (Å²) in [5.74, 6) is -0.448. The number of carbonyl (C=O) groups is 1. The van der Waals surface area contributed by atoms with E-state index in [1.54, 1.807) is 12.1 Å². The first-order chi connectivity index (χ1) is 16.2. The maximum atomic E-state index is 12.9. The van der Waals surface area contributed by atoms with Crippen molar-refractivity contribution in [3.05, 3.63) is 92.8 Å². The van der Waals surface area contributed by atoms with Crippen LogP contribution >= 0.6 is 23.4 Å². The van der Waals surface area contributed by atoms with Crippen molar-refractivity contribution in [3.63, 3.8) is 0 Å². The number of amidine groups is 2. The summed E-state index contributed by atoms with van der Waals surface area (Å²) in [6.07, 6.45) is 1.74. The van der Waals surface area contributed by atoms with Gasteiger partial charge in [0.25, 0.3) is 5.91 Å². The molecular weight excluding hydrogens is 466 g/mol. The molecule has 0 saturated carbocycles. The summed E-state index contributed by atoms with van der Waals surface area (Å²) in [7, 11) is 0. The first-order valence-corrected chi connectivity index (χ1v) is 11.9. The average molecular weight is 488 g/mol. The SMILES string of the molecule is Cc1cc(C)cc(-n2c(C)cc(/C=C3/C(=N)N4N=C(c5ccccc5Cl)SC4=NC3=O)c2C)c1. The standard InChI is InChI=1S/C26H22ClN5OS/c1-14-9-15(2)11-19(10-14)31-16(3)12-18(17(31)4)13-21-23(28)32-26(29-24(21)33)34-25(30-32)20-7-5-6-8-22(20)27/h5-13,28H,1-4H3/b21-13-,28-23?. The summed E-state index contributed by atoms with van der Waals surface area (Å²) >= 11 is 7.56. The van der Waals surface area contributed by atoms with Crippen LogP contribution in [0.2, 0.25) is 5.02 Å². The van der Waals surface area contributed by atoms with Crippen molar-refractivity contribution in [2.75, 3.05) is 0 Å². The van der Waals surface area contributed by atoms with E-state index in [4.69, 9.17) is 17.0 Å². The molecule has 1 aromatic heterocycles. The van der Waals surface area contributed by atoms with Crippen LogP contribution in [-0.4, -0.2) is 31.5 Å². The smallest absolute Gasteiger partial charge is 0.283 e. The van der Waals surface area contributed by atoms with Gasteiger partial charge in [0, 0.05) is 22.6 Å². The maximum Gasteiger partial charge on any atom is 0.283 e. The average Bonchev–Trinajstić information content (AvgIpc) is 3.31. The van der Waals surface area contributed by atoms with Crippen molar-refractivity contribution in [1.82, 2.24) is 9.58 Å². The molecule has 0 radical (unpaired) electrons. The molecule has 0 spiro atoms. The highest BCUT2D eigenvalue weighted by atomic mass is 35.5. The fourth-order valence-electron chi connectivity index (χ4n) is 4.30. The molecule has 3 aromatic rings. The van der Waals surface area contributed by atoms with Gasteiger partial charge in [-0.2, -0.15) is 15.1 Å². The highest BCUT2D eigenvalue weighted by Gasteiger charge is 2.36. The van der Waals surface area contributed by atoms with E-state index in [0.29, 0.717) is 15.2 Å². The lowest BCUT2D eigenvalue weighted by Gasteiger charge is -2.20. The predicted octanol–water partition coefficient (Wildman–Crippen LogP) is 6.03. The molecule has 34 heavy (non-hydrogen) atoms. The Hall–Kier alpha value is -3.42. The van der Waals surface area contributed by atoms with Crippen LogP contribution < -0.4 is 0 Å². The van der Waals surface area contributed by atoms with Gasteiger partial charge in [0.15, 0.2) is 5.84 Å². The minimum Gasteiger partial charge on any atom is -0.318 e. The van der Waals surface area contributed by atoms with E-state index in [1.807, 2.05) is 38.1 Å². The van der Waals surface area contributed by atoms with E-state index in [2.05, 4.69) is 46.7 Å². The molecule has 8 heteroatoms. The van der Waals surface area contributed by atoms with Crippen LogP contribution in [0.3, 0.4) is 0 Å². The van der Waals surface area contributed by atoms with Crippen LogP contribution in [0.15, 0.2) is 64.2 Å². The number of rotatable bonds is 3. The van der Waals surface area contributed by atoms with Crippen molar-refractivity contribution in [2.24, 2.45) is 10.1 Å². The number of amides is 1. The largest absolute Gasteiger partial charge is 0.318 e. The monoisotopic (exact) mass is 487 g/mol. The van der Waals surface area contributed by atoms with E-state index in [0.717, 1.165) is 28.2 Å². The lowest BCUT2D eigenvalue weighted by molar-refractivity contribution is -0.114. The van der Waals surface area contributed by atoms with Crippen LogP contribution in [0.1, 0.15) is 33.6 Å². The fourth-order valence-corrected chi connectivity index (χ4v) is 5.51. The number of nitrogens with one attached hydrogen (secondary N) is 1. The first-order valence-electron chi connectivity index (χ1n) is 10.8. The van der Waals surface area contributed by atoms with Crippen molar-refractivity contribution in [2.45, 2.75) is 27.7 Å². The van der Waals surface area contributed by atoms with Gasteiger partial charge in [0.1, 0.15) is 5.04 Å². The highest BCUT2D eigenvalue weighted by Crippen LogP contribution is 2.33. The summed E-state index contributed by atoms with van der Waals surface area (Å²) in [5.41, 5.74) is 7.30. The second-order valence-electron chi connectivity index (χ2n) is 8.41. The van der Waals surface area contributed by atoms with Gasteiger partial charge in [-0.3, -0.25) is 10.2 Å². The minimum absolute atomic E-state index is 0.000701. The third kappa shape index (κ3) is 3.81. The van der Waals surface area contributed by atoms with Crippen molar-refractivity contribution in [1.29, 1.82) is 5.41 Å². The summed E-state index contributed by atoms with van der Waals surface area (Å²) in [5, 5.41) is 16.2. The zero-order valence-electron chi connectivity index (χ0n) is 19.2. The van der Waals surface area contributed by atoms with Gasteiger partial charge in [-0.25, -0.2) is 0 Å². The van der Waals surface area contributed by atoms with Crippen molar-refractivity contribution >= 4 is 51.4 Å². The van der Waals surface area contributed by atoms with E-state index < -0.39 is 5.91 Å². The topological polar surface area (TPSA) is 73.8 Å². The van der Waals surface area contributed by atoms with E-state index in [9.17, 15) is 4.79 Å². The Kier molecular flexibility index (Phi) is 5.54. The Balaban J connectivity index is 1.53. The predicted molar refractivity (Wildman–Crippen MR) is 140 cm³/mol.